The molecule has 7 heteroatoms. The van der Waals surface area contributed by atoms with Crippen LogP contribution in [0.3, 0.4) is 0 Å². The first-order valence-corrected chi connectivity index (χ1v) is 7.78. The van der Waals surface area contributed by atoms with E-state index in [0.29, 0.717) is 21.7 Å². The van der Waals surface area contributed by atoms with E-state index in [4.69, 9.17) is 23.2 Å². The maximum atomic E-state index is 12.3. The van der Waals surface area contributed by atoms with Crippen LogP contribution in [0.25, 0.3) is 0 Å². The van der Waals surface area contributed by atoms with Crippen LogP contribution in [0.1, 0.15) is 10.5 Å². The number of hydrogen-bond acceptors (Lipinski definition) is 4. The van der Waals surface area contributed by atoms with Crippen LogP contribution in [-0.4, -0.2) is 15.9 Å². The number of hydrogen-bond donors (Lipinski definition) is 2. The third kappa shape index (κ3) is 4.22. The summed E-state index contributed by atoms with van der Waals surface area (Å²) < 4.78 is 0. The molecule has 0 spiro atoms. The van der Waals surface area contributed by atoms with E-state index < -0.39 is 0 Å². The summed E-state index contributed by atoms with van der Waals surface area (Å²) in [5, 5.41) is 6.62. The molecule has 3 rings (SSSR count). The summed E-state index contributed by atoms with van der Waals surface area (Å²) in [6.45, 7) is 0. The summed E-state index contributed by atoms with van der Waals surface area (Å²) in [7, 11) is 0. The van der Waals surface area contributed by atoms with Crippen molar-refractivity contribution in [2.24, 2.45) is 0 Å². The van der Waals surface area contributed by atoms with Gasteiger partial charge in [0.1, 0.15) is 5.69 Å². The highest BCUT2D eigenvalue weighted by Crippen LogP contribution is 2.23. The maximum absolute atomic E-state index is 12.3. The third-order valence-corrected chi connectivity index (χ3v) is 3.48. The summed E-state index contributed by atoms with van der Waals surface area (Å²) in [6.07, 6.45) is 1.51. The topological polar surface area (TPSA) is 66.9 Å². The molecule has 3 aromatic rings. The van der Waals surface area contributed by atoms with Gasteiger partial charge in [0.15, 0.2) is 0 Å². The fraction of sp³-hybridized carbons (Fsp3) is 0. The highest BCUT2D eigenvalue weighted by Gasteiger charge is 2.10. The van der Waals surface area contributed by atoms with Crippen molar-refractivity contribution in [1.82, 2.24) is 9.97 Å². The number of aromatic nitrogens is 2. The number of para-hydroxylation sites is 1. The fourth-order valence-electron chi connectivity index (χ4n) is 2.02. The van der Waals surface area contributed by atoms with Gasteiger partial charge < -0.3 is 10.6 Å². The van der Waals surface area contributed by atoms with Crippen molar-refractivity contribution in [1.29, 1.82) is 0 Å². The van der Waals surface area contributed by atoms with E-state index in [1.807, 2.05) is 30.3 Å². The van der Waals surface area contributed by atoms with E-state index in [9.17, 15) is 4.79 Å². The molecule has 2 N–H and O–H groups in total. The number of amides is 1. The van der Waals surface area contributed by atoms with Crippen LogP contribution in [0.4, 0.5) is 17.3 Å². The monoisotopic (exact) mass is 358 g/mol. The van der Waals surface area contributed by atoms with Gasteiger partial charge in [0.05, 0.1) is 0 Å². The Labute approximate surface area is 148 Å². The third-order valence-electron chi connectivity index (χ3n) is 3.04. The molecule has 1 amide bonds. The molecule has 0 atom stereocenters. The van der Waals surface area contributed by atoms with Crippen molar-refractivity contribution < 1.29 is 4.79 Å². The minimum atomic E-state index is -0.383. The van der Waals surface area contributed by atoms with Crippen molar-refractivity contribution in [3.63, 3.8) is 0 Å². The number of halogens is 2. The molecular weight excluding hydrogens is 347 g/mol. The Bertz CT molecular complexity index is 851. The molecule has 0 aliphatic heterocycles. The molecule has 0 radical (unpaired) electrons. The highest BCUT2D eigenvalue weighted by atomic mass is 35.5. The van der Waals surface area contributed by atoms with Crippen LogP contribution in [-0.2, 0) is 0 Å². The first-order valence-electron chi connectivity index (χ1n) is 7.03. The number of benzene rings is 2. The maximum Gasteiger partial charge on any atom is 0.274 e. The van der Waals surface area contributed by atoms with Crippen LogP contribution in [0.5, 0.6) is 0 Å². The summed E-state index contributed by atoms with van der Waals surface area (Å²) in [4.78, 5) is 20.6. The second-order valence-corrected chi connectivity index (χ2v) is 5.74. The van der Waals surface area contributed by atoms with Gasteiger partial charge in [-0.15, -0.1) is 0 Å². The van der Waals surface area contributed by atoms with Crippen molar-refractivity contribution in [3.8, 4) is 0 Å². The lowest BCUT2D eigenvalue weighted by Crippen LogP contribution is -2.14. The molecule has 120 valence electrons. The minimum Gasteiger partial charge on any atom is -0.324 e. The Morgan fingerprint density at radius 1 is 0.917 bits per heavy atom. The second kappa shape index (κ2) is 7.29. The SMILES string of the molecule is O=C(Nc1cc(Cl)cc(Cl)c1)c1ccnc(Nc2ccccc2)n1. The van der Waals surface area contributed by atoms with Crippen molar-refractivity contribution >= 4 is 46.4 Å². The molecule has 0 saturated heterocycles. The molecular formula is C17H12Cl2N4O. The molecule has 0 aliphatic carbocycles. The van der Waals surface area contributed by atoms with E-state index in [0.717, 1.165) is 5.69 Å². The van der Waals surface area contributed by atoms with Crippen LogP contribution >= 0.6 is 23.2 Å². The summed E-state index contributed by atoms with van der Waals surface area (Å²) in [5.74, 6) is -0.0511. The van der Waals surface area contributed by atoms with E-state index in [1.54, 1.807) is 18.2 Å². The number of carbonyl (C=O) groups is 1. The average Bonchev–Trinajstić information content (AvgIpc) is 2.55. The molecule has 0 bridgehead atoms. The predicted molar refractivity (Wildman–Crippen MR) is 96.2 cm³/mol. The summed E-state index contributed by atoms with van der Waals surface area (Å²) in [5.41, 5.74) is 1.55. The highest BCUT2D eigenvalue weighted by molar-refractivity contribution is 6.35. The second-order valence-electron chi connectivity index (χ2n) is 4.87. The van der Waals surface area contributed by atoms with Gasteiger partial charge >= 0.3 is 0 Å². The average molecular weight is 359 g/mol. The molecule has 1 heterocycles. The Kier molecular flexibility index (Phi) is 4.93. The van der Waals surface area contributed by atoms with Crippen molar-refractivity contribution in [2.75, 3.05) is 10.6 Å². The first kappa shape index (κ1) is 16.2. The minimum absolute atomic E-state index is 0.222. The van der Waals surface area contributed by atoms with Gasteiger partial charge in [-0.3, -0.25) is 4.79 Å². The first-order chi connectivity index (χ1) is 11.6. The molecule has 0 fully saturated rings. The molecule has 1 aromatic heterocycles. The number of nitrogens with zero attached hydrogens (tertiary/aromatic N) is 2. The normalized spacial score (nSPS) is 10.2. The predicted octanol–water partition coefficient (Wildman–Crippen LogP) is 4.78. The van der Waals surface area contributed by atoms with E-state index in [-0.39, 0.29) is 11.6 Å². The van der Waals surface area contributed by atoms with Gasteiger partial charge in [0.25, 0.3) is 5.91 Å². The largest absolute Gasteiger partial charge is 0.324 e. The van der Waals surface area contributed by atoms with Gasteiger partial charge in [-0.25, -0.2) is 9.97 Å². The Morgan fingerprint density at radius 2 is 1.62 bits per heavy atom. The lowest BCUT2D eigenvalue weighted by Gasteiger charge is -2.08. The van der Waals surface area contributed by atoms with Gasteiger partial charge in [-0.05, 0) is 36.4 Å². The molecule has 5 nitrogen and oxygen atoms in total. The molecule has 2 aromatic carbocycles. The van der Waals surface area contributed by atoms with Crippen LogP contribution < -0.4 is 10.6 Å². The van der Waals surface area contributed by atoms with E-state index >= 15 is 0 Å². The van der Waals surface area contributed by atoms with Crippen molar-refractivity contribution in [3.05, 3.63) is 76.5 Å². The standard InChI is InChI=1S/C17H12Cl2N4O/c18-11-8-12(19)10-14(9-11)21-16(24)15-6-7-20-17(23-15)22-13-4-2-1-3-5-13/h1-10H,(H,21,24)(H,20,22,23). The lowest BCUT2D eigenvalue weighted by atomic mass is 10.3. The van der Waals surface area contributed by atoms with Crippen LogP contribution in [0, 0.1) is 0 Å². The van der Waals surface area contributed by atoms with Gasteiger partial charge in [0, 0.05) is 27.6 Å². The molecule has 24 heavy (non-hydrogen) atoms. The molecule has 0 saturated carbocycles. The number of nitrogens with one attached hydrogen (secondary N) is 2. The zero-order valence-corrected chi connectivity index (χ0v) is 13.8. The van der Waals surface area contributed by atoms with Crippen molar-refractivity contribution in [2.45, 2.75) is 0 Å². The summed E-state index contributed by atoms with van der Waals surface area (Å²) >= 11 is 11.8. The van der Waals surface area contributed by atoms with Crippen LogP contribution in [0.15, 0.2) is 60.8 Å². The van der Waals surface area contributed by atoms with E-state index in [1.165, 1.54) is 12.3 Å². The number of rotatable bonds is 4. The van der Waals surface area contributed by atoms with E-state index in [2.05, 4.69) is 20.6 Å². The van der Waals surface area contributed by atoms with Gasteiger partial charge in [-0.2, -0.15) is 0 Å². The Hall–Kier alpha value is -2.63. The quantitative estimate of drug-likeness (QED) is 0.704. The molecule has 0 unspecified atom stereocenters. The zero-order valence-electron chi connectivity index (χ0n) is 12.3. The zero-order chi connectivity index (χ0) is 16.9. The smallest absolute Gasteiger partial charge is 0.274 e. The summed E-state index contributed by atoms with van der Waals surface area (Å²) in [6, 6.07) is 15.8. The van der Waals surface area contributed by atoms with Gasteiger partial charge in [0.2, 0.25) is 5.95 Å². The number of carbonyl (C=O) groups excluding carboxylic acids is 1. The Balaban J connectivity index is 1.76. The Morgan fingerprint density at radius 3 is 2.33 bits per heavy atom. The molecule has 0 aliphatic rings. The van der Waals surface area contributed by atoms with Gasteiger partial charge in [-0.1, -0.05) is 41.4 Å². The van der Waals surface area contributed by atoms with Crippen LogP contribution in [0.2, 0.25) is 10.0 Å². The lowest BCUT2D eigenvalue weighted by molar-refractivity contribution is 0.102. The fourth-order valence-corrected chi connectivity index (χ4v) is 2.54. The number of anilines is 3.